The lowest BCUT2D eigenvalue weighted by molar-refractivity contribution is 0.167. The number of hydrogen-bond donors (Lipinski definition) is 1. The quantitative estimate of drug-likeness (QED) is 0.557. The standard InChI is InChI=1S/C16H25NO2/c1-7-9-10-14(8-2)11-15(13(5)12(3)4)17-16(18)19-6/h7-10,12,15H,2,5,11H2,1,3-4,6H3,(H,17,18)/b9-7-,14-10+/t15-/m0/s1. The first-order chi connectivity index (χ1) is 8.96. The van der Waals surface area contributed by atoms with E-state index < -0.39 is 6.09 Å². The Morgan fingerprint density at radius 2 is 2.05 bits per heavy atom. The van der Waals surface area contributed by atoms with Crippen molar-refractivity contribution < 1.29 is 9.53 Å². The smallest absolute Gasteiger partial charge is 0.407 e. The van der Waals surface area contributed by atoms with Crippen LogP contribution in [0, 0.1) is 5.92 Å². The summed E-state index contributed by atoms with van der Waals surface area (Å²) < 4.78 is 4.66. The van der Waals surface area contributed by atoms with Crippen LogP contribution in [0.25, 0.3) is 0 Å². The molecule has 3 nitrogen and oxygen atoms in total. The lowest BCUT2D eigenvalue weighted by atomic mass is 9.92. The van der Waals surface area contributed by atoms with Crippen LogP contribution in [0.3, 0.4) is 0 Å². The molecular weight excluding hydrogens is 238 g/mol. The van der Waals surface area contributed by atoms with Crippen molar-refractivity contribution in [3.05, 3.63) is 48.6 Å². The number of ether oxygens (including phenoxy) is 1. The molecule has 1 amide bonds. The van der Waals surface area contributed by atoms with Gasteiger partial charge in [0.2, 0.25) is 0 Å². The normalized spacial score (nSPS) is 13.4. The zero-order valence-electron chi connectivity index (χ0n) is 12.4. The van der Waals surface area contributed by atoms with E-state index in [9.17, 15) is 4.79 Å². The monoisotopic (exact) mass is 263 g/mol. The summed E-state index contributed by atoms with van der Waals surface area (Å²) in [6, 6.07) is -0.151. The van der Waals surface area contributed by atoms with E-state index in [1.54, 1.807) is 6.08 Å². The Hall–Kier alpha value is -1.77. The lowest BCUT2D eigenvalue weighted by Gasteiger charge is -2.23. The van der Waals surface area contributed by atoms with Gasteiger partial charge in [-0.1, -0.05) is 56.9 Å². The molecule has 0 spiro atoms. The molecule has 0 aromatic rings. The maximum Gasteiger partial charge on any atom is 0.407 e. The Morgan fingerprint density at radius 1 is 1.42 bits per heavy atom. The summed E-state index contributed by atoms with van der Waals surface area (Å²) in [6.07, 6.45) is 7.88. The third kappa shape index (κ3) is 6.65. The van der Waals surface area contributed by atoms with Gasteiger partial charge in [-0.05, 0) is 24.8 Å². The average Bonchev–Trinajstić information content (AvgIpc) is 2.40. The van der Waals surface area contributed by atoms with Crippen LogP contribution in [0.4, 0.5) is 4.79 Å². The second-order valence-electron chi connectivity index (χ2n) is 4.59. The van der Waals surface area contributed by atoms with Crippen molar-refractivity contribution >= 4 is 6.09 Å². The van der Waals surface area contributed by atoms with Crippen molar-refractivity contribution in [1.82, 2.24) is 5.32 Å². The van der Waals surface area contributed by atoms with Gasteiger partial charge in [0, 0.05) is 0 Å². The van der Waals surface area contributed by atoms with Crippen LogP contribution in [0.2, 0.25) is 0 Å². The Labute approximate surface area is 116 Å². The second kappa shape index (κ2) is 9.20. The molecule has 0 aromatic carbocycles. The minimum absolute atomic E-state index is 0.151. The highest BCUT2D eigenvalue weighted by Crippen LogP contribution is 2.19. The number of rotatable bonds is 7. The van der Waals surface area contributed by atoms with E-state index in [4.69, 9.17) is 0 Å². The van der Waals surface area contributed by atoms with Crippen molar-refractivity contribution in [2.45, 2.75) is 33.2 Å². The third-order valence-electron chi connectivity index (χ3n) is 2.87. The van der Waals surface area contributed by atoms with Crippen molar-refractivity contribution in [2.75, 3.05) is 7.11 Å². The maximum absolute atomic E-state index is 11.4. The van der Waals surface area contributed by atoms with Crippen LogP contribution < -0.4 is 5.32 Å². The summed E-state index contributed by atoms with van der Waals surface area (Å²) in [5.41, 5.74) is 2.01. The highest BCUT2D eigenvalue weighted by atomic mass is 16.5. The Balaban J connectivity index is 4.97. The van der Waals surface area contributed by atoms with Crippen molar-refractivity contribution in [1.29, 1.82) is 0 Å². The molecule has 19 heavy (non-hydrogen) atoms. The fourth-order valence-corrected chi connectivity index (χ4v) is 1.55. The Kier molecular flexibility index (Phi) is 8.34. The lowest BCUT2D eigenvalue weighted by Crippen LogP contribution is -2.37. The van der Waals surface area contributed by atoms with E-state index in [0.717, 1.165) is 11.1 Å². The fourth-order valence-electron chi connectivity index (χ4n) is 1.55. The summed E-state index contributed by atoms with van der Waals surface area (Å²) in [6.45, 7) is 13.9. The van der Waals surface area contributed by atoms with Crippen LogP contribution in [0.1, 0.15) is 27.2 Å². The summed E-state index contributed by atoms with van der Waals surface area (Å²) in [5, 5.41) is 2.82. The molecule has 106 valence electrons. The van der Waals surface area contributed by atoms with Crippen molar-refractivity contribution in [2.24, 2.45) is 5.92 Å². The van der Waals surface area contributed by atoms with Crippen molar-refractivity contribution in [3.63, 3.8) is 0 Å². The van der Waals surface area contributed by atoms with Crippen LogP contribution in [0.15, 0.2) is 48.6 Å². The largest absolute Gasteiger partial charge is 0.453 e. The molecule has 1 N–H and O–H groups in total. The Morgan fingerprint density at radius 3 is 2.47 bits per heavy atom. The predicted octanol–water partition coefficient (Wildman–Crippen LogP) is 4.00. The topological polar surface area (TPSA) is 38.3 Å². The molecular formula is C16H25NO2. The summed E-state index contributed by atoms with van der Waals surface area (Å²) in [7, 11) is 1.36. The molecule has 0 aliphatic carbocycles. The number of alkyl carbamates (subject to hydrolysis) is 1. The number of methoxy groups -OCH3 is 1. The van der Waals surface area contributed by atoms with E-state index in [2.05, 4.69) is 37.1 Å². The zero-order valence-corrected chi connectivity index (χ0v) is 12.4. The van der Waals surface area contributed by atoms with Gasteiger partial charge in [-0.3, -0.25) is 0 Å². The van der Waals surface area contributed by atoms with Gasteiger partial charge in [0.15, 0.2) is 0 Å². The molecule has 0 aliphatic rings. The fraction of sp³-hybridized carbons (Fsp3) is 0.438. The molecule has 0 fully saturated rings. The first kappa shape index (κ1) is 17.2. The van der Waals surface area contributed by atoms with Gasteiger partial charge < -0.3 is 10.1 Å². The third-order valence-corrected chi connectivity index (χ3v) is 2.87. The van der Waals surface area contributed by atoms with E-state index in [1.807, 2.05) is 25.2 Å². The van der Waals surface area contributed by atoms with Gasteiger partial charge in [0.1, 0.15) is 0 Å². The minimum atomic E-state index is -0.443. The molecule has 0 unspecified atom stereocenters. The number of carbonyl (C=O) groups is 1. The van der Waals surface area contributed by atoms with Gasteiger partial charge in [-0.2, -0.15) is 0 Å². The van der Waals surface area contributed by atoms with Crippen LogP contribution >= 0.6 is 0 Å². The van der Waals surface area contributed by atoms with Gasteiger partial charge >= 0.3 is 6.09 Å². The zero-order chi connectivity index (χ0) is 14.8. The number of nitrogens with one attached hydrogen (secondary N) is 1. The van der Waals surface area contributed by atoms with Gasteiger partial charge in [-0.15, -0.1) is 0 Å². The molecule has 0 heterocycles. The number of hydrogen-bond acceptors (Lipinski definition) is 2. The maximum atomic E-state index is 11.4. The highest BCUT2D eigenvalue weighted by molar-refractivity contribution is 5.68. The summed E-state index contributed by atoms with van der Waals surface area (Å²) in [4.78, 5) is 11.4. The molecule has 1 atom stereocenters. The first-order valence-corrected chi connectivity index (χ1v) is 6.43. The van der Waals surface area contributed by atoms with E-state index in [-0.39, 0.29) is 12.0 Å². The van der Waals surface area contributed by atoms with Crippen molar-refractivity contribution in [3.8, 4) is 0 Å². The van der Waals surface area contributed by atoms with E-state index >= 15 is 0 Å². The van der Waals surface area contributed by atoms with E-state index in [0.29, 0.717) is 6.42 Å². The number of amides is 1. The molecule has 0 saturated carbocycles. The van der Waals surface area contributed by atoms with Crippen LogP contribution in [-0.2, 0) is 4.74 Å². The number of carbonyl (C=O) groups excluding carboxylic acids is 1. The SMILES string of the molecule is C=C/C(=C\C=C/C)C[C@H](NC(=O)OC)C(=C)C(C)C. The molecule has 0 aliphatic heterocycles. The molecule has 0 bridgehead atoms. The van der Waals surface area contributed by atoms with E-state index in [1.165, 1.54) is 7.11 Å². The Bertz CT molecular complexity index is 378. The van der Waals surface area contributed by atoms with Gasteiger partial charge in [0.25, 0.3) is 0 Å². The van der Waals surface area contributed by atoms with Crippen LogP contribution in [-0.4, -0.2) is 19.2 Å². The van der Waals surface area contributed by atoms with Gasteiger partial charge in [-0.25, -0.2) is 4.79 Å². The molecule has 0 aromatic heterocycles. The first-order valence-electron chi connectivity index (χ1n) is 6.43. The predicted molar refractivity (Wildman–Crippen MR) is 81.0 cm³/mol. The molecule has 0 radical (unpaired) electrons. The number of allylic oxidation sites excluding steroid dienone is 4. The van der Waals surface area contributed by atoms with Crippen LogP contribution in [0.5, 0.6) is 0 Å². The highest BCUT2D eigenvalue weighted by Gasteiger charge is 2.18. The average molecular weight is 263 g/mol. The summed E-state index contributed by atoms with van der Waals surface area (Å²) >= 11 is 0. The minimum Gasteiger partial charge on any atom is -0.453 e. The molecule has 3 heteroatoms. The summed E-state index contributed by atoms with van der Waals surface area (Å²) in [5.74, 6) is 0.287. The molecule has 0 rings (SSSR count). The molecule has 0 saturated heterocycles. The second-order valence-corrected chi connectivity index (χ2v) is 4.59. The van der Waals surface area contributed by atoms with Gasteiger partial charge in [0.05, 0.1) is 13.2 Å².